The predicted molar refractivity (Wildman–Crippen MR) is 110 cm³/mol. The Bertz CT molecular complexity index is 870. The van der Waals surface area contributed by atoms with Crippen LogP contribution in [-0.2, 0) is 6.54 Å². The van der Waals surface area contributed by atoms with Crippen LogP contribution < -0.4 is 10.6 Å². The van der Waals surface area contributed by atoms with Gasteiger partial charge in [0.2, 0.25) is 0 Å². The van der Waals surface area contributed by atoms with E-state index in [0.29, 0.717) is 17.7 Å². The van der Waals surface area contributed by atoms with E-state index in [1.165, 1.54) is 11.0 Å². The van der Waals surface area contributed by atoms with Gasteiger partial charge in [-0.25, -0.2) is 0 Å². The van der Waals surface area contributed by atoms with E-state index in [1.807, 2.05) is 44.2 Å². The number of hydrogen-bond acceptors (Lipinski definition) is 4. The van der Waals surface area contributed by atoms with Crippen LogP contribution in [0, 0.1) is 0 Å². The first-order valence-corrected chi connectivity index (χ1v) is 9.07. The number of halogens is 1. The summed E-state index contributed by atoms with van der Waals surface area (Å²) >= 11 is 0. The van der Waals surface area contributed by atoms with Crippen molar-refractivity contribution in [2.75, 3.05) is 13.1 Å². The van der Waals surface area contributed by atoms with E-state index < -0.39 is 0 Å². The van der Waals surface area contributed by atoms with E-state index in [1.54, 1.807) is 12.1 Å². The van der Waals surface area contributed by atoms with E-state index >= 15 is 0 Å². The highest BCUT2D eigenvalue weighted by atomic mass is 35.5. The number of fused-ring (bicyclic) bond motifs is 1. The maximum absolute atomic E-state index is 12.7. The number of benzene rings is 2. The van der Waals surface area contributed by atoms with Crippen LogP contribution in [0.4, 0.5) is 0 Å². The van der Waals surface area contributed by atoms with Crippen molar-refractivity contribution in [1.29, 1.82) is 0 Å². The number of imide groups is 1. The highest BCUT2D eigenvalue weighted by Crippen LogP contribution is 2.25. The lowest BCUT2D eigenvalue weighted by Gasteiger charge is -2.13. The third kappa shape index (κ3) is 4.58. The number of amides is 3. The molecule has 2 aromatic rings. The van der Waals surface area contributed by atoms with E-state index in [-0.39, 0.29) is 48.3 Å². The summed E-state index contributed by atoms with van der Waals surface area (Å²) in [6.45, 7) is 5.51. The largest absolute Gasteiger partial charge is 0.350 e. The molecule has 0 aliphatic carbocycles. The molecule has 148 valence electrons. The van der Waals surface area contributed by atoms with Gasteiger partial charge in [0.05, 0.1) is 17.7 Å². The maximum Gasteiger partial charge on any atom is 0.261 e. The van der Waals surface area contributed by atoms with Crippen molar-refractivity contribution < 1.29 is 14.4 Å². The summed E-state index contributed by atoms with van der Waals surface area (Å²) in [4.78, 5) is 38.9. The third-order valence-electron chi connectivity index (χ3n) is 4.54. The van der Waals surface area contributed by atoms with Gasteiger partial charge >= 0.3 is 0 Å². The normalized spacial score (nSPS) is 13.7. The molecule has 6 nitrogen and oxygen atoms in total. The number of rotatable bonds is 7. The third-order valence-corrected chi connectivity index (χ3v) is 4.54. The Kier molecular flexibility index (Phi) is 7.31. The van der Waals surface area contributed by atoms with E-state index in [2.05, 4.69) is 10.6 Å². The molecule has 3 amide bonds. The van der Waals surface area contributed by atoms with Gasteiger partial charge in [0, 0.05) is 18.2 Å². The molecule has 0 aromatic heterocycles. The van der Waals surface area contributed by atoms with E-state index in [0.717, 1.165) is 12.1 Å². The molecule has 28 heavy (non-hydrogen) atoms. The second-order valence-corrected chi connectivity index (χ2v) is 6.61. The Morgan fingerprint density at radius 3 is 2.39 bits per heavy atom. The van der Waals surface area contributed by atoms with Crippen LogP contribution in [0.1, 0.15) is 50.5 Å². The SMILES string of the molecule is CCN[C@H](C)CNC(=O)c1ccc2c(c1)C(=O)N(Cc1ccccc1)C2=O.Cl. The van der Waals surface area contributed by atoms with Crippen LogP contribution in [0.5, 0.6) is 0 Å². The molecule has 2 aromatic carbocycles. The second kappa shape index (κ2) is 9.48. The summed E-state index contributed by atoms with van der Waals surface area (Å²) in [5, 5.41) is 6.06. The topological polar surface area (TPSA) is 78.5 Å². The molecule has 2 N–H and O–H groups in total. The molecule has 0 bridgehead atoms. The van der Waals surface area contributed by atoms with Gasteiger partial charge in [-0.05, 0) is 37.2 Å². The van der Waals surface area contributed by atoms with Crippen LogP contribution in [0.3, 0.4) is 0 Å². The molecule has 3 rings (SSSR count). The predicted octanol–water partition coefficient (Wildman–Crippen LogP) is 2.63. The Morgan fingerprint density at radius 2 is 1.71 bits per heavy atom. The lowest BCUT2D eigenvalue weighted by molar-refractivity contribution is 0.0642. The molecular weight excluding hydrogens is 378 g/mol. The standard InChI is InChI=1S/C21H23N3O3.ClH/c1-3-22-14(2)12-23-19(25)16-9-10-17-18(11-16)21(27)24(20(17)26)13-15-7-5-4-6-8-15;/h4-11,14,22H,3,12-13H2,1-2H3,(H,23,25);1H/t14-;/m1./s1. The molecule has 0 unspecified atom stereocenters. The first-order chi connectivity index (χ1) is 13.0. The summed E-state index contributed by atoms with van der Waals surface area (Å²) in [5.74, 6) is -0.953. The fraction of sp³-hybridized carbons (Fsp3) is 0.286. The maximum atomic E-state index is 12.7. The molecule has 1 atom stereocenters. The second-order valence-electron chi connectivity index (χ2n) is 6.61. The summed E-state index contributed by atoms with van der Waals surface area (Å²) in [5.41, 5.74) is 1.87. The Morgan fingerprint density at radius 1 is 1.04 bits per heavy atom. The average molecular weight is 402 g/mol. The first-order valence-electron chi connectivity index (χ1n) is 9.07. The Labute approximate surface area is 170 Å². The number of nitrogens with zero attached hydrogens (tertiary/aromatic N) is 1. The number of carbonyl (C=O) groups excluding carboxylic acids is 3. The molecule has 0 radical (unpaired) electrons. The fourth-order valence-corrected chi connectivity index (χ4v) is 3.11. The highest BCUT2D eigenvalue weighted by Gasteiger charge is 2.35. The van der Waals surface area contributed by atoms with Crippen molar-refractivity contribution >= 4 is 30.1 Å². The Balaban J connectivity index is 0.00000280. The number of hydrogen-bond donors (Lipinski definition) is 2. The zero-order valence-corrected chi connectivity index (χ0v) is 16.7. The molecule has 0 spiro atoms. The van der Waals surface area contributed by atoms with Gasteiger partial charge in [-0.1, -0.05) is 37.3 Å². The monoisotopic (exact) mass is 401 g/mol. The fourth-order valence-electron chi connectivity index (χ4n) is 3.11. The molecule has 0 fully saturated rings. The van der Waals surface area contributed by atoms with Crippen molar-refractivity contribution in [2.45, 2.75) is 26.4 Å². The quantitative estimate of drug-likeness (QED) is 0.699. The highest BCUT2D eigenvalue weighted by molar-refractivity contribution is 6.22. The van der Waals surface area contributed by atoms with Gasteiger partial charge in [0.15, 0.2) is 0 Å². The first kappa shape index (κ1) is 21.6. The minimum Gasteiger partial charge on any atom is -0.350 e. The molecule has 0 saturated carbocycles. The minimum atomic E-state index is -0.366. The van der Waals surface area contributed by atoms with Crippen LogP contribution in [0.25, 0.3) is 0 Å². The zero-order valence-electron chi connectivity index (χ0n) is 15.9. The molecule has 1 aliphatic rings. The van der Waals surface area contributed by atoms with Gasteiger partial charge in [0.1, 0.15) is 0 Å². The van der Waals surface area contributed by atoms with Crippen LogP contribution in [-0.4, -0.2) is 41.8 Å². The van der Waals surface area contributed by atoms with Gasteiger partial charge in [-0.15, -0.1) is 12.4 Å². The Hall–Kier alpha value is -2.70. The van der Waals surface area contributed by atoms with Crippen molar-refractivity contribution in [3.8, 4) is 0 Å². The smallest absolute Gasteiger partial charge is 0.261 e. The minimum absolute atomic E-state index is 0. The lowest BCUT2D eigenvalue weighted by Crippen LogP contribution is -2.38. The summed E-state index contributed by atoms with van der Waals surface area (Å²) in [6.07, 6.45) is 0. The van der Waals surface area contributed by atoms with Gasteiger partial charge in [0.25, 0.3) is 17.7 Å². The van der Waals surface area contributed by atoms with Crippen LogP contribution in [0.2, 0.25) is 0 Å². The van der Waals surface area contributed by atoms with Gasteiger partial charge < -0.3 is 10.6 Å². The number of nitrogens with one attached hydrogen (secondary N) is 2. The van der Waals surface area contributed by atoms with Crippen molar-refractivity contribution in [2.24, 2.45) is 0 Å². The number of carbonyl (C=O) groups is 3. The summed E-state index contributed by atoms with van der Waals surface area (Å²) in [6, 6.07) is 14.2. The molecule has 0 saturated heterocycles. The number of likely N-dealkylation sites (N-methyl/N-ethyl adjacent to an activating group) is 1. The molecule has 1 heterocycles. The summed E-state index contributed by atoms with van der Waals surface area (Å²) < 4.78 is 0. The van der Waals surface area contributed by atoms with Crippen LogP contribution in [0.15, 0.2) is 48.5 Å². The van der Waals surface area contributed by atoms with Crippen molar-refractivity contribution in [3.05, 3.63) is 70.8 Å². The molecule has 7 heteroatoms. The van der Waals surface area contributed by atoms with Crippen molar-refractivity contribution in [3.63, 3.8) is 0 Å². The van der Waals surface area contributed by atoms with E-state index in [4.69, 9.17) is 0 Å². The van der Waals surface area contributed by atoms with Crippen LogP contribution >= 0.6 is 12.4 Å². The van der Waals surface area contributed by atoms with Crippen molar-refractivity contribution in [1.82, 2.24) is 15.5 Å². The summed E-state index contributed by atoms with van der Waals surface area (Å²) in [7, 11) is 0. The average Bonchev–Trinajstić information content (AvgIpc) is 2.91. The van der Waals surface area contributed by atoms with Gasteiger partial charge in [-0.3, -0.25) is 19.3 Å². The van der Waals surface area contributed by atoms with Gasteiger partial charge in [-0.2, -0.15) is 0 Å². The lowest BCUT2D eigenvalue weighted by atomic mass is 10.1. The van der Waals surface area contributed by atoms with E-state index in [9.17, 15) is 14.4 Å². The molecule has 1 aliphatic heterocycles. The molecular formula is C21H24ClN3O3. The zero-order chi connectivity index (χ0) is 19.4.